The lowest BCUT2D eigenvalue weighted by atomic mass is 10.2. The molecule has 0 aliphatic carbocycles. The van der Waals surface area contributed by atoms with Crippen LogP contribution in [0.3, 0.4) is 0 Å². The van der Waals surface area contributed by atoms with Crippen LogP contribution in [0.2, 0.25) is 0 Å². The zero-order valence-electron chi connectivity index (χ0n) is 15.3. The second kappa shape index (κ2) is 8.83. The molecule has 0 aliphatic heterocycles. The Bertz CT molecular complexity index is 890. The maximum atomic E-state index is 12.4. The molecule has 1 aromatic carbocycles. The van der Waals surface area contributed by atoms with Crippen molar-refractivity contribution in [3.63, 3.8) is 0 Å². The zero-order valence-corrected chi connectivity index (χ0v) is 16.1. The van der Waals surface area contributed by atoms with Crippen molar-refractivity contribution in [2.45, 2.75) is 44.4 Å². The summed E-state index contributed by atoms with van der Waals surface area (Å²) in [4.78, 5) is 24.0. The fraction of sp³-hybridized carbons (Fsp3) is 0.333. The number of ether oxygens (including phenoxy) is 1. The molecule has 0 aliphatic rings. The van der Waals surface area contributed by atoms with Crippen molar-refractivity contribution in [1.29, 1.82) is 0 Å². The largest absolute Gasteiger partial charge is 0.468 e. The molecule has 2 aromatic rings. The van der Waals surface area contributed by atoms with Gasteiger partial charge >= 0.3 is 5.97 Å². The Morgan fingerprint density at radius 1 is 1.15 bits per heavy atom. The van der Waals surface area contributed by atoms with Crippen LogP contribution in [-0.2, 0) is 26.1 Å². The number of benzene rings is 1. The van der Waals surface area contributed by atoms with E-state index in [9.17, 15) is 18.0 Å². The van der Waals surface area contributed by atoms with Gasteiger partial charge in [-0.15, -0.1) is 0 Å². The molecule has 8 nitrogen and oxygen atoms in total. The van der Waals surface area contributed by atoms with Crippen LogP contribution < -0.4 is 10.0 Å². The summed E-state index contributed by atoms with van der Waals surface area (Å²) in [5.41, 5.74) is 0.0278. The maximum Gasteiger partial charge on any atom is 0.338 e. The standard InChI is InChI=1S/C18H22N2O6S/c1-12(2)20-17(21)13(3)26-18(22)14-6-4-8-16(10-14)27(23,24)19-11-15-7-5-9-25-15/h4-10,12-13,19H,11H2,1-3H3,(H,20,21)/t13-/m0/s1. The Balaban J connectivity index is 2.07. The number of hydrogen-bond acceptors (Lipinski definition) is 6. The number of carbonyl (C=O) groups excluding carboxylic acids is 2. The minimum Gasteiger partial charge on any atom is -0.468 e. The molecule has 1 aromatic heterocycles. The Morgan fingerprint density at radius 2 is 1.89 bits per heavy atom. The molecule has 2 rings (SSSR count). The summed E-state index contributed by atoms with van der Waals surface area (Å²) in [6.07, 6.45) is 0.439. The van der Waals surface area contributed by atoms with E-state index in [4.69, 9.17) is 9.15 Å². The molecular weight excluding hydrogens is 372 g/mol. The number of sulfonamides is 1. The number of rotatable bonds is 8. The second-order valence-electron chi connectivity index (χ2n) is 6.14. The van der Waals surface area contributed by atoms with Crippen LogP contribution in [0.4, 0.5) is 0 Å². The average molecular weight is 394 g/mol. The zero-order chi connectivity index (χ0) is 20.0. The number of amides is 1. The first-order chi connectivity index (χ1) is 12.7. The van der Waals surface area contributed by atoms with Gasteiger partial charge in [-0.2, -0.15) is 0 Å². The van der Waals surface area contributed by atoms with E-state index in [2.05, 4.69) is 10.0 Å². The average Bonchev–Trinajstić information content (AvgIpc) is 3.13. The third-order valence-electron chi connectivity index (χ3n) is 3.48. The van der Waals surface area contributed by atoms with E-state index in [1.807, 2.05) is 0 Å². The topological polar surface area (TPSA) is 115 Å². The van der Waals surface area contributed by atoms with Gasteiger partial charge < -0.3 is 14.5 Å². The van der Waals surface area contributed by atoms with E-state index in [-0.39, 0.29) is 23.0 Å². The van der Waals surface area contributed by atoms with Gasteiger partial charge in [0.15, 0.2) is 6.10 Å². The van der Waals surface area contributed by atoms with Gasteiger partial charge in [-0.25, -0.2) is 17.9 Å². The predicted molar refractivity (Wildman–Crippen MR) is 97.3 cm³/mol. The van der Waals surface area contributed by atoms with Gasteiger partial charge in [-0.1, -0.05) is 6.07 Å². The van der Waals surface area contributed by atoms with Crippen LogP contribution in [0, 0.1) is 0 Å². The number of furan rings is 1. The Hall–Kier alpha value is -2.65. The highest BCUT2D eigenvalue weighted by atomic mass is 32.2. The maximum absolute atomic E-state index is 12.4. The minimum atomic E-state index is -3.85. The number of carbonyl (C=O) groups is 2. The van der Waals surface area contributed by atoms with Gasteiger partial charge in [-0.3, -0.25) is 4.79 Å². The molecule has 0 bridgehead atoms. The monoisotopic (exact) mass is 394 g/mol. The predicted octanol–water partition coefficient (Wildman–Crippen LogP) is 1.83. The van der Waals surface area contributed by atoms with Crippen LogP contribution >= 0.6 is 0 Å². The summed E-state index contributed by atoms with van der Waals surface area (Å²) in [5.74, 6) is -0.758. The molecule has 2 N–H and O–H groups in total. The van der Waals surface area contributed by atoms with Gasteiger partial charge in [0.1, 0.15) is 5.76 Å². The van der Waals surface area contributed by atoms with Crippen molar-refractivity contribution in [2.24, 2.45) is 0 Å². The lowest BCUT2D eigenvalue weighted by Crippen LogP contribution is -2.39. The SMILES string of the molecule is CC(C)NC(=O)[C@H](C)OC(=O)c1cccc(S(=O)(=O)NCc2ccco2)c1. The number of nitrogens with one attached hydrogen (secondary N) is 2. The molecule has 1 heterocycles. The lowest BCUT2D eigenvalue weighted by Gasteiger charge is -2.15. The molecule has 0 saturated carbocycles. The van der Waals surface area contributed by atoms with Crippen molar-refractivity contribution < 1.29 is 27.2 Å². The summed E-state index contributed by atoms with van der Waals surface area (Å²) in [5, 5.41) is 2.63. The molecule has 27 heavy (non-hydrogen) atoms. The fourth-order valence-electron chi connectivity index (χ4n) is 2.14. The molecular formula is C18H22N2O6S. The van der Waals surface area contributed by atoms with Gasteiger partial charge in [0, 0.05) is 6.04 Å². The second-order valence-corrected chi connectivity index (χ2v) is 7.91. The molecule has 146 valence electrons. The summed E-state index contributed by atoms with van der Waals surface area (Å²) < 4.78 is 37.3. The third-order valence-corrected chi connectivity index (χ3v) is 4.88. The summed E-state index contributed by atoms with van der Waals surface area (Å²) >= 11 is 0. The normalized spacial score (nSPS) is 12.6. The van der Waals surface area contributed by atoms with Crippen LogP contribution in [0.15, 0.2) is 52.0 Å². The van der Waals surface area contributed by atoms with E-state index in [0.29, 0.717) is 5.76 Å². The lowest BCUT2D eigenvalue weighted by molar-refractivity contribution is -0.129. The molecule has 1 amide bonds. The molecule has 9 heteroatoms. The molecule has 1 atom stereocenters. The number of hydrogen-bond donors (Lipinski definition) is 2. The van der Waals surface area contributed by atoms with Crippen LogP contribution in [-0.4, -0.2) is 32.4 Å². The first kappa shape index (κ1) is 20.7. The Labute approximate surface area is 157 Å². The van der Waals surface area contributed by atoms with E-state index in [0.717, 1.165) is 0 Å². The Morgan fingerprint density at radius 3 is 2.52 bits per heavy atom. The highest BCUT2D eigenvalue weighted by molar-refractivity contribution is 7.89. The van der Waals surface area contributed by atoms with E-state index in [1.165, 1.54) is 37.5 Å². The van der Waals surface area contributed by atoms with Crippen LogP contribution in [0.5, 0.6) is 0 Å². The highest BCUT2D eigenvalue weighted by Gasteiger charge is 2.21. The quantitative estimate of drug-likeness (QED) is 0.660. The van der Waals surface area contributed by atoms with Crippen LogP contribution in [0.25, 0.3) is 0 Å². The van der Waals surface area contributed by atoms with Crippen molar-refractivity contribution in [3.8, 4) is 0 Å². The highest BCUT2D eigenvalue weighted by Crippen LogP contribution is 2.14. The van der Waals surface area contributed by atoms with E-state index in [1.54, 1.807) is 26.0 Å². The van der Waals surface area contributed by atoms with Gasteiger partial charge in [0.25, 0.3) is 5.91 Å². The summed E-state index contributed by atoms with van der Waals surface area (Å²) in [7, 11) is -3.85. The molecule has 0 saturated heterocycles. The van der Waals surface area contributed by atoms with Crippen molar-refractivity contribution in [2.75, 3.05) is 0 Å². The van der Waals surface area contributed by atoms with E-state index < -0.39 is 28.0 Å². The van der Waals surface area contributed by atoms with Crippen molar-refractivity contribution in [1.82, 2.24) is 10.0 Å². The summed E-state index contributed by atoms with van der Waals surface area (Å²) in [6, 6.07) is 8.59. The summed E-state index contributed by atoms with van der Waals surface area (Å²) in [6.45, 7) is 5.00. The molecule has 0 fully saturated rings. The van der Waals surface area contributed by atoms with Gasteiger partial charge in [0.2, 0.25) is 10.0 Å². The Kier molecular flexibility index (Phi) is 6.75. The van der Waals surface area contributed by atoms with Crippen LogP contribution in [0.1, 0.15) is 36.9 Å². The first-order valence-corrected chi connectivity index (χ1v) is 9.81. The van der Waals surface area contributed by atoms with Gasteiger partial charge in [-0.05, 0) is 51.1 Å². The smallest absolute Gasteiger partial charge is 0.338 e. The van der Waals surface area contributed by atoms with Gasteiger partial charge in [0.05, 0.1) is 23.3 Å². The molecule has 0 unspecified atom stereocenters. The molecule has 0 spiro atoms. The molecule has 0 radical (unpaired) electrons. The fourth-order valence-corrected chi connectivity index (χ4v) is 3.18. The van der Waals surface area contributed by atoms with Crippen molar-refractivity contribution in [3.05, 3.63) is 54.0 Å². The van der Waals surface area contributed by atoms with E-state index >= 15 is 0 Å². The minimum absolute atomic E-state index is 0.0174. The number of esters is 1. The third kappa shape index (κ3) is 5.93. The first-order valence-electron chi connectivity index (χ1n) is 8.32. The van der Waals surface area contributed by atoms with Crippen molar-refractivity contribution >= 4 is 21.9 Å².